The van der Waals surface area contributed by atoms with E-state index in [0.717, 1.165) is 13.1 Å². The number of aromatic nitrogens is 2. The number of aryl methyl sites for hydroxylation is 1. The third kappa shape index (κ3) is 3.95. The highest BCUT2D eigenvalue weighted by Gasteiger charge is 2.24. The van der Waals surface area contributed by atoms with Gasteiger partial charge in [0.15, 0.2) is 0 Å². The number of piperazine rings is 1. The molecule has 1 aromatic heterocycles. The topological polar surface area (TPSA) is 61.4 Å². The van der Waals surface area contributed by atoms with Crippen LogP contribution >= 0.6 is 0 Å². The van der Waals surface area contributed by atoms with Crippen LogP contribution in [0.5, 0.6) is 0 Å². The van der Waals surface area contributed by atoms with Crippen molar-refractivity contribution in [2.24, 2.45) is 0 Å². The predicted octanol–water partition coefficient (Wildman–Crippen LogP) is 2.88. The first kappa shape index (κ1) is 18.2. The molecular formula is C20H27N5O. The standard InChI is InChI=1S/C20H27N5O/c1-14(2)22-20-21-9-8-17(23-20)19(26)25-12-10-24(11-13-25)18-7-5-6-15(3)16(18)4/h5-9,14H,10-13H2,1-4H3,(H,21,22,23). The van der Waals surface area contributed by atoms with E-state index < -0.39 is 0 Å². The summed E-state index contributed by atoms with van der Waals surface area (Å²) in [7, 11) is 0. The van der Waals surface area contributed by atoms with E-state index >= 15 is 0 Å². The Morgan fingerprint density at radius 3 is 2.54 bits per heavy atom. The van der Waals surface area contributed by atoms with Crippen molar-refractivity contribution in [1.82, 2.24) is 14.9 Å². The number of hydrogen-bond donors (Lipinski definition) is 1. The minimum Gasteiger partial charge on any atom is -0.368 e. The molecule has 26 heavy (non-hydrogen) atoms. The lowest BCUT2D eigenvalue weighted by atomic mass is 10.1. The molecule has 1 aromatic carbocycles. The Labute approximate surface area is 155 Å². The third-order valence-electron chi connectivity index (χ3n) is 4.78. The first-order valence-corrected chi connectivity index (χ1v) is 9.15. The molecule has 2 aromatic rings. The summed E-state index contributed by atoms with van der Waals surface area (Å²) >= 11 is 0. The van der Waals surface area contributed by atoms with Crippen molar-refractivity contribution in [3.8, 4) is 0 Å². The van der Waals surface area contributed by atoms with Gasteiger partial charge in [-0.1, -0.05) is 12.1 Å². The molecule has 2 heterocycles. The molecule has 6 nitrogen and oxygen atoms in total. The van der Waals surface area contributed by atoms with Crippen LogP contribution in [0, 0.1) is 13.8 Å². The molecule has 3 rings (SSSR count). The molecule has 1 N–H and O–H groups in total. The molecule has 1 amide bonds. The van der Waals surface area contributed by atoms with Gasteiger partial charge in [-0.15, -0.1) is 0 Å². The summed E-state index contributed by atoms with van der Waals surface area (Å²) in [5.74, 6) is 0.472. The van der Waals surface area contributed by atoms with Crippen LogP contribution in [0.4, 0.5) is 11.6 Å². The Kier molecular flexibility index (Phi) is 5.40. The zero-order valence-corrected chi connectivity index (χ0v) is 16.0. The van der Waals surface area contributed by atoms with Crippen LogP contribution in [0.2, 0.25) is 0 Å². The van der Waals surface area contributed by atoms with E-state index in [1.54, 1.807) is 12.3 Å². The molecule has 1 fully saturated rings. The number of carbonyl (C=O) groups excluding carboxylic acids is 1. The Hall–Kier alpha value is -2.63. The normalized spacial score (nSPS) is 14.7. The van der Waals surface area contributed by atoms with Crippen molar-refractivity contribution in [2.75, 3.05) is 36.4 Å². The maximum absolute atomic E-state index is 12.8. The van der Waals surface area contributed by atoms with Gasteiger partial charge in [-0.3, -0.25) is 4.79 Å². The van der Waals surface area contributed by atoms with Gasteiger partial charge in [0.2, 0.25) is 5.95 Å². The van der Waals surface area contributed by atoms with Crippen LogP contribution in [0.15, 0.2) is 30.5 Å². The predicted molar refractivity (Wildman–Crippen MR) is 105 cm³/mol. The van der Waals surface area contributed by atoms with Gasteiger partial charge in [0.1, 0.15) is 5.69 Å². The van der Waals surface area contributed by atoms with E-state index in [-0.39, 0.29) is 11.9 Å². The van der Waals surface area contributed by atoms with Gasteiger partial charge in [-0.05, 0) is 51.0 Å². The summed E-state index contributed by atoms with van der Waals surface area (Å²) < 4.78 is 0. The van der Waals surface area contributed by atoms with Crippen LogP contribution < -0.4 is 10.2 Å². The van der Waals surface area contributed by atoms with E-state index in [2.05, 4.69) is 52.2 Å². The molecule has 0 aliphatic carbocycles. The first-order chi connectivity index (χ1) is 12.5. The number of rotatable bonds is 4. The number of anilines is 2. The molecule has 0 unspecified atom stereocenters. The van der Waals surface area contributed by atoms with E-state index in [0.29, 0.717) is 24.7 Å². The second-order valence-electron chi connectivity index (χ2n) is 7.06. The Bertz CT molecular complexity index is 782. The molecule has 6 heteroatoms. The van der Waals surface area contributed by atoms with Crippen molar-refractivity contribution in [1.29, 1.82) is 0 Å². The average molecular weight is 353 g/mol. The van der Waals surface area contributed by atoms with Gasteiger partial charge >= 0.3 is 0 Å². The smallest absolute Gasteiger partial charge is 0.272 e. The molecule has 0 bridgehead atoms. The highest BCUT2D eigenvalue weighted by molar-refractivity contribution is 5.92. The lowest BCUT2D eigenvalue weighted by Gasteiger charge is -2.37. The highest BCUT2D eigenvalue weighted by atomic mass is 16.2. The van der Waals surface area contributed by atoms with Gasteiger partial charge < -0.3 is 15.1 Å². The van der Waals surface area contributed by atoms with E-state index in [4.69, 9.17) is 0 Å². The van der Waals surface area contributed by atoms with Crippen molar-refractivity contribution in [3.63, 3.8) is 0 Å². The van der Waals surface area contributed by atoms with Gasteiger partial charge in [0.25, 0.3) is 5.91 Å². The number of carbonyl (C=O) groups is 1. The van der Waals surface area contributed by atoms with Crippen molar-refractivity contribution < 1.29 is 4.79 Å². The monoisotopic (exact) mass is 353 g/mol. The third-order valence-corrected chi connectivity index (χ3v) is 4.78. The van der Waals surface area contributed by atoms with Crippen molar-refractivity contribution in [2.45, 2.75) is 33.7 Å². The number of benzene rings is 1. The van der Waals surface area contributed by atoms with Crippen LogP contribution in [0.3, 0.4) is 0 Å². The molecule has 0 saturated carbocycles. The molecule has 0 radical (unpaired) electrons. The fraction of sp³-hybridized carbons (Fsp3) is 0.450. The minimum atomic E-state index is -0.0279. The Balaban J connectivity index is 1.66. The zero-order valence-electron chi connectivity index (χ0n) is 16.0. The fourth-order valence-electron chi connectivity index (χ4n) is 3.20. The molecule has 1 aliphatic rings. The van der Waals surface area contributed by atoms with Crippen LogP contribution in [-0.2, 0) is 0 Å². The van der Waals surface area contributed by atoms with Gasteiger partial charge in [0, 0.05) is 44.1 Å². The highest BCUT2D eigenvalue weighted by Crippen LogP contribution is 2.24. The average Bonchev–Trinajstić information content (AvgIpc) is 2.63. The van der Waals surface area contributed by atoms with Crippen LogP contribution in [0.1, 0.15) is 35.5 Å². The van der Waals surface area contributed by atoms with Crippen LogP contribution in [-0.4, -0.2) is 53.0 Å². The molecule has 0 atom stereocenters. The van der Waals surface area contributed by atoms with Gasteiger partial charge in [-0.25, -0.2) is 9.97 Å². The summed E-state index contributed by atoms with van der Waals surface area (Å²) in [6.45, 7) is 11.4. The Morgan fingerprint density at radius 1 is 1.12 bits per heavy atom. The second-order valence-corrected chi connectivity index (χ2v) is 7.06. The SMILES string of the molecule is Cc1cccc(N2CCN(C(=O)c3ccnc(NC(C)C)n3)CC2)c1C. The maximum Gasteiger partial charge on any atom is 0.272 e. The number of nitrogens with zero attached hydrogens (tertiary/aromatic N) is 4. The Morgan fingerprint density at radius 2 is 1.85 bits per heavy atom. The number of hydrogen-bond acceptors (Lipinski definition) is 5. The van der Waals surface area contributed by atoms with Gasteiger partial charge in [0.05, 0.1) is 0 Å². The second kappa shape index (κ2) is 7.72. The molecule has 138 valence electrons. The number of amides is 1. The van der Waals surface area contributed by atoms with Crippen molar-refractivity contribution in [3.05, 3.63) is 47.3 Å². The lowest BCUT2D eigenvalue weighted by Crippen LogP contribution is -2.49. The lowest BCUT2D eigenvalue weighted by molar-refractivity contribution is 0.0741. The van der Waals surface area contributed by atoms with Crippen LogP contribution in [0.25, 0.3) is 0 Å². The summed E-state index contributed by atoms with van der Waals surface area (Å²) in [4.78, 5) is 25.6. The molecule has 1 saturated heterocycles. The van der Waals surface area contributed by atoms with Gasteiger partial charge in [-0.2, -0.15) is 0 Å². The quantitative estimate of drug-likeness (QED) is 0.916. The minimum absolute atomic E-state index is 0.0279. The summed E-state index contributed by atoms with van der Waals surface area (Å²) in [6, 6.07) is 8.30. The maximum atomic E-state index is 12.8. The van der Waals surface area contributed by atoms with E-state index in [1.807, 2.05) is 18.7 Å². The zero-order chi connectivity index (χ0) is 18.7. The van der Waals surface area contributed by atoms with E-state index in [1.165, 1.54) is 16.8 Å². The number of nitrogens with one attached hydrogen (secondary N) is 1. The molecule has 0 spiro atoms. The molecule has 1 aliphatic heterocycles. The first-order valence-electron chi connectivity index (χ1n) is 9.15. The fourth-order valence-corrected chi connectivity index (χ4v) is 3.20. The largest absolute Gasteiger partial charge is 0.368 e. The summed E-state index contributed by atoms with van der Waals surface area (Å²) in [5, 5.41) is 3.14. The van der Waals surface area contributed by atoms with Crippen molar-refractivity contribution >= 4 is 17.5 Å². The van der Waals surface area contributed by atoms with E-state index in [9.17, 15) is 4.79 Å². The molecular weight excluding hydrogens is 326 g/mol. The summed E-state index contributed by atoms with van der Waals surface area (Å²) in [6.07, 6.45) is 1.64. The summed E-state index contributed by atoms with van der Waals surface area (Å²) in [5.41, 5.74) is 4.32.